The number of carbonyl (C=O) groups excluding carboxylic acids is 1. The molecule has 0 saturated heterocycles. The van der Waals surface area contributed by atoms with Gasteiger partial charge < -0.3 is 15.6 Å². The quantitative estimate of drug-likeness (QED) is 0.687. The third-order valence-corrected chi connectivity index (χ3v) is 3.66. The van der Waals surface area contributed by atoms with Crippen molar-refractivity contribution < 1.29 is 4.79 Å². The number of carbonyl (C=O) groups is 1. The molecule has 1 amide bonds. The van der Waals surface area contributed by atoms with Crippen LogP contribution in [-0.2, 0) is 17.8 Å². The van der Waals surface area contributed by atoms with Gasteiger partial charge in [0.15, 0.2) is 0 Å². The van der Waals surface area contributed by atoms with Gasteiger partial charge in [0, 0.05) is 25.4 Å². The van der Waals surface area contributed by atoms with Crippen LogP contribution in [0.2, 0.25) is 0 Å². The van der Waals surface area contributed by atoms with Gasteiger partial charge in [-0.05, 0) is 39.2 Å². The van der Waals surface area contributed by atoms with Gasteiger partial charge in [0.25, 0.3) is 0 Å². The van der Waals surface area contributed by atoms with Crippen LogP contribution in [0.4, 0.5) is 0 Å². The number of primary amides is 1. The van der Waals surface area contributed by atoms with Crippen molar-refractivity contribution in [3.8, 4) is 0 Å². The van der Waals surface area contributed by atoms with Gasteiger partial charge in [0.1, 0.15) is 5.82 Å². The first kappa shape index (κ1) is 16.7. The topological polar surface area (TPSA) is 72.9 Å². The average Bonchev–Trinajstić information content (AvgIpc) is 2.84. The highest BCUT2D eigenvalue weighted by Gasteiger charge is 2.29. The van der Waals surface area contributed by atoms with Crippen molar-refractivity contribution in [1.82, 2.24) is 14.9 Å². The highest BCUT2D eigenvalue weighted by molar-refractivity contribution is 5.84. The monoisotopic (exact) mass is 280 g/mol. The number of nitrogens with one attached hydrogen (secondary N) is 1. The Hall–Kier alpha value is -1.36. The third-order valence-electron chi connectivity index (χ3n) is 3.66. The molecule has 0 fully saturated rings. The summed E-state index contributed by atoms with van der Waals surface area (Å²) >= 11 is 0. The second-order valence-electron chi connectivity index (χ2n) is 5.51. The minimum Gasteiger partial charge on any atom is -0.368 e. The Kier molecular flexibility index (Phi) is 6.71. The minimum absolute atomic E-state index is 0.273. The maximum atomic E-state index is 11.6. The predicted octanol–water partition coefficient (Wildman–Crippen LogP) is 1.86. The Balaban J connectivity index is 2.51. The Labute approximate surface area is 122 Å². The van der Waals surface area contributed by atoms with E-state index in [1.807, 2.05) is 19.3 Å². The maximum absolute atomic E-state index is 11.6. The van der Waals surface area contributed by atoms with Crippen LogP contribution in [0.1, 0.15) is 52.3 Å². The summed E-state index contributed by atoms with van der Waals surface area (Å²) in [7, 11) is 0. The van der Waals surface area contributed by atoms with Crippen LogP contribution in [0.5, 0.6) is 0 Å². The minimum atomic E-state index is -0.610. The predicted molar refractivity (Wildman–Crippen MR) is 81.3 cm³/mol. The van der Waals surface area contributed by atoms with Crippen LogP contribution in [-0.4, -0.2) is 27.5 Å². The van der Waals surface area contributed by atoms with Crippen molar-refractivity contribution in [3.05, 3.63) is 18.2 Å². The zero-order valence-electron chi connectivity index (χ0n) is 13.0. The van der Waals surface area contributed by atoms with Crippen LogP contribution >= 0.6 is 0 Å². The number of hydrogen-bond donors (Lipinski definition) is 2. The van der Waals surface area contributed by atoms with Gasteiger partial charge in [-0.3, -0.25) is 4.79 Å². The first-order chi connectivity index (χ1) is 9.53. The summed E-state index contributed by atoms with van der Waals surface area (Å²) in [5.41, 5.74) is 4.92. The fraction of sp³-hybridized carbons (Fsp3) is 0.733. The molecule has 0 bridgehead atoms. The Morgan fingerprint density at radius 2 is 2.20 bits per heavy atom. The number of rotatable bonds is 10. The smallest absolute Gasteiger partial charge is 0.237 e. The van der Waals surface area contributed by atoms with Crippen molar-refractivity contribution in [2.75, 3.05) is 6.54 Å². The zero-order chi connectivity index (χ0) is 15.0. The van der Waals surface area contributed by atoms with Gasteiger partial charge in [-0.2, -0.15) is 0 Å². The summed E-state index contributed by atoms with van der Waals surface area (Å²) in [6.45, 7) is 7.82. The average molecular weight is 280 g/mol. The lowest BCUT2D eigenvalue weighted by Crippen LogP contribution is -2.53. The Bertz CT molecular complexity index is 416. The number of imidazole rings is 1. The standard InChI is InChI=1S/C15H28N4O/c1-4-7-13-17-10-12-19(13)11-6-8-15(3,14(16)20)18-9-5-2/h10,12,18H,4-9,11H2,1-3H3,(H2,16,20). The van der Waals surface area contributed by atoms with E-state index in [1.54, 1.807) is 0 Å². The van der Waals surface area contributed by atoms with Gasteiger partial charge in [0.05, 0.1) is 5.54 Å². The van der Waals surface area contributed by atoms with Gasteiger partial charge in [-0.15, -0.1) is 0 Å². The molecule has 20 heavy (non-hydrogen) atoms. The molecule has 1 heterocycles. The molecule has 1 aromatic rings. The van der Waals surface area contributed by atoms with Gasteiger partial charge >= 0.3 is 0 Å². The molecule has 0 spiro atoms. The number of amides is 1. The van der Waals surface area contributed by atoms with E-state index in [-0.39, 0.29) is 5.91 Å². The van der Waals surface area contributed by atoms with E-state index < -0.39 is 5.54 Å². The van der Waals surface area contributed by atoms with E-state index >= 15 is 0 Å². The van der Waals surface area contributed by atoms with Crippen molar-refractivity contribution in [2.45, 2.75) is 65.0 Å². The normalized spacial score (nSPS) is 14.2. The molecule has 5 nitrogen and oxygen atoms in total. The fourth-order valence-electron chi connectivity index (χ4n) is 2.30. The molecular formula is C15H28N4O. The highest BCUT2D eigenvalue weighted by Crippen LogP contribution is 2.14. The molecular weight excluding hydrogens is 252 g/mol. The van der Waals surface area contributed by atoms with Crippen molar-refractivity contribution >= 4 is 5.91 Å². The fourth-order valence-corrected chi connectivity index (χ4v) is 2.30. The second kappa shape index (κ2) is 8.04. The number of nitrogens with zero attached hydrogens (tertiary/aromatic N) is 2. The molecule has 0 radical (unpaired) electrons. The first-order valence-corrected chi connectivity index (χ1v) is 7.58. The Morgan fingerprint density at radius 3 is 2.80 bits per heavy atom. The van der Waals surface area contributed by atoms with Gasteiger partial charge in [-0.1, -0.05) is 13.8 Å². The number of aromatic nitrogens is 2. The van der Waals surface area contributed by atoms with Gasteiger partial charge in [-0.25, -0.2) is 4.98 Å². The van der Waals surface area contributed by atoms with Crippen LogP contribution in [0.25, 0.3) is 0 Å². The molecule has 0 aliphatic carbocycles. The molecule has 114 valence electrons. The van der Waals surface area contributed by atoms with Crippen LogP contribution in [0.15, 0.2) is 12.4 Å². The molecule has 1 rings (SSSR count). The largest absolute Gasteiger partial charge is 0.368 e. The van der Waals surface area contributed by atoms with Crippen molar-refractivity contribution in [1.29, 1.82) is 0 Å². The van der Waals surface area contributed by atoms with Crippen molar-refractivity contribution in [3.63, 3.8) is 0 Å². The lowest BCUT2D eigenvalue weighted by Gasteiger charge is -2.27. The number of aryl methyl sites for hydroxylation is 2. The SMILES string of the molecule is CCCNC(C)(CCCn1ccnc1CCC)C(N)=O. The number of hydrogen-bond acceptors (Lipinski definition) is 3. The molecule has 5 heteroatoms. The summed E-state index contributed by atoms with van der Waals surface area (Å²) in [5, 5.41) is 3.27. The van der Waals surface area contributed by atoms with Gasteiger partial charge in [0.2, 0.25) is 5.91 Å². The number of nitrogens with two attached hydrogens (primary N) is 1. The molecule has 0 aliphatic heterocycles. The van der Waals surface area contributed by atoms with Crippen LogP contribution in [0.3, 0.4) is 0 Å². The molecule has 1 atom stereocenters. The van der Waals surface area contributed by atoms with E-state index in [0.29, 0.717) is 0 Å². The summed E-state index contributed by atoms with van der Waals surface area (Å²) in [6.07, 6.45) is 8.57. The van der Waals surface area contributed by atoms with E-state index in [1.165, 1.54) is 0 Å². The highest BCUT2D eigenvalue weighted by atomic mass is 16.1. The first-order valence-electron chi connectivity index (χ1n) is 7.58. The van der Waals surface area contributed by atoms with E-state index in [4.69, 9.17) is 5.73 Å². The summed E-state index contributed by atoms with van der Waals surface area (Å²) < 4.78 is 2.17. The molecule has 3 N–H and O–H groups in total. The lowest BCUT2D eigenvalue weighted by atomic mass is 9.94. The van der Waals surface area contributed by atoms with Crippen molar-refractivity contribution in [2.24, 2.45) is 5.73 Å². The maximum Gasteiger partial charge on any atom is 0.237 e. The summed E-state index contributed by atoms with van der Waals surface area (Å²) in [4.78, 5) is 16.0. The second-order valence-corrected chi connectivity index (χ2v) is 5.51. The zero-order valence-corrected chi connectivity index (χ0v) is 13.0. The summed E-state index contributed by atoms with van der Waals surface area (Å²) in [5.74, 6) is 0.847. The molecule has 0 saturated carbocycles. The molecule has 1 aromatic heterocycles. The molecule has 1 unspecified atom stereocenters. The molecule has 0 aliphatic rings. The van der Waals surface area contributed by atoms with Crippen LogP contribution in [0, 0.1) is 0 Å². The third kappa shape index (κ3) is 4.63. The molecule has 0 aromatic carbocycles. The van der Waals surface area contributed by atoms with E-state index in [2.05, 4.69) is 28.7 Å². The van der Waals surface area contributed by atoms with E-state index in [9.17, 15) is 4.79 Å². The van der Waals surface area contributed by atoms with E-state index in [0.717, 1.165) is 51.0 Å². The Morgan fingerprint density at radius 1 is 1.45 bits per heavy atom. The summed E-state index contributed by atoms with van der Waals surface area (Å²) in [6, 6.07) is 0. The lowest BCUT2D eigenvalue weighted by molar-refractivity contribution is -0.124. The van der Waals surface area contributed by atoms with Crippen LogP contribution < -0.4 is 11.1 Å².